The fourth-order valence-corrected chi connectivity index (χ4v) is 4.64. The average Bonchev–Trinajstić information content (AvgIpc) is 3.42. The van der Waals surface area contributed by atoms with E-state index in [1.165, 1.54) is 6.92 Å². The molecule has 0 saturated carbocycles. The Hall–Kier alpha value is -3.88. The van der Waals surface area contributed by atoms with Crippen LogP contribution in [-0.4, -0.2) is 64.4 Å². The van der Waals surface area contributed by atoms with Gasteiger partial charge in [-0.15, -0.1) is 0 Å². The molecule has 2 amide bonds. The molecule has 9 heteroatoms. The predicted octanol–water partition coefficient (Wildman–Crippen LogP) is 2.75. The highest BCUT2D eigenvalue weighted by Crippen LogP contribution is 2.29. The number of aromatic nitrogens is 3. The van der Waals surface area contributed by atoms with E-state index in [4.69, 9.17) is 0 Å². The number of pyridine rings is 1. The SMILES string of the molecule is CC(=O)NCCc1c[nH]c2cc(N3CCN(C(=O)Cc4c[nH]c5ncccc45)CC3)c(F)cc12. The van der Waals surface area contributed by atoms with Crippen LogP contribution in [0.15, 0.2) is 42.9 Å². The second kappa shape index (κ2) is 9.17. The summed E-state index contributed by atoms with van der Waals surface area (Å²) in [6.45, 7) is 4.22. The van der Waals surface area contributed by atoms with Gasteiger partial charge in [-0.3, -0.25) is 9.59 Å². The van der Waals surface area contributed by atoms with Gasteiger partial charge in [-0.2, -0.15) is 0 Å². The Morgan fingerprint density at radius 2 is 1.88 bits per heavy atom. The largest absolute Gasteiger partial charge is 0.366 e. The van der Waals surface area contributed by atoms with Crippen LogP contribution in [0.3, 0.4) is 0 Å². The first-order valence-electron chi connectivity index (χ1n) is 11.5. The molecule has 176 valence electrons. The van der Waals surface area contributed by atoms with Crippen LogP contribution < -0.4 is 10.2 Å². The molecule has 1 fully saturated rings. The van der Waals surface area contributed by atoms with Gasteiger partial charge in [-0.05, 0) is 41.8 Å². The third-order valence-electron chi connectivity index (χ3n) is 6.45. The molecule has 4 aromatic rings. The van der Waals surface area contributed by atoms with Crippen molar-refractivity contribution in [2.24, 2.45) is 0 Å². The number of hydrogen-bond donors (Lipinski definition) is 3. The first kappa shape index (κ1) is 21.9. The first-order valence-corrected chi connectivity index (χ1v) is 11.5. The third kappa shape index (κ3) is 4.33. The Morgan fingerprint density at radius 1 is 1.09 bits per heavy atom. The average molecular weight is 463 g/mol. The molecular weight excluding hydrogens is 435 g/mol. The van der Waals surface area contributed by atoms with E-state index >= 15 is 4.39 Å². The number of amides is 2. The van der Waals surface area contributed by atoms with E-state index in [1.54, 1.807) is 12.3 Å². The molecule has 5 rings (SSSR count). The van der Waals surface area contributed by atoms with E-state index in [2.05, 4.69) is 20.3 Å². The van der Waals surface area contributed by atoms with Crippen molar-refractivity contribution in [2.45, 2.75) is 19.8 Å². The van der Waals surface area contributed by atoms with E-state index in [0.29, 0.717) is 51.3 Å². The summed E-state index contributed by atoms with van der Waals surface area (Å²) in [5, 5.41) is 4.56. The van der Waals surface area contributed by atoms with Gasteiger partial charge < -0.3 is 25.1 Å². The monoisotopic (exact) mass is 462 g/mol. The molecule has 34 heavy (non-hydrogen) atoms. The van der Waals surface area contributed by atoms with Crippen molar-refractivity contribution in [1.29, 1.82) is 0 Å². The summed E-state index contributed by atoms with van der Waals surface area (Å²) >= 11 is 0. The fraction of sp³-hybridized carbons (Fsp3) is 0.320. The molecule has 3 aromatic heterocycles. The summed E-state index contributed by atoms with van der Waals surface area (Å²) in [4.78, 5) is 38.4. The maximum atomic E-state index is 15.1. The smallest absolute Gasteiger partial charge is 0.227 e. The van der Waals surface area contributed by atoms with Crippen molar-refractivity contribution < 1.29 is 14.0 Å². The molecule has 8 nitrogen and oxygen atoms in total. The van der Waals surface area contributed by atoms with Crippen molar-refractivity contribution in [1.82, 2.24) is 25.2 Å². The zero-order valence-electron chi connectivity index (χ0n) is 19.0. The first-order chi connectivity index (χ1) is 16.5. The normalized spacial score (nSPS) is 14.2. The molecule has 1 aliphatic heterocycles. The zero-order valence-corrected chi connectivity index (χ0v) is 19.0. The van der Waals surface area contributed by atoms with Crippen molar-refractivity contribution in [3.8, 4) is 0 Å². The molecule has 1 saturated heterocycles. The Kier molecular flexibility index (Phi) is 5.91. The molecule has 4 heterocycles. The number of benzene rings is 1. The van der Waals surface area contributed by atoms with E-state index in [-0.39, 0.29) is 17.6 Å². The number of anilines is 1. The molecule has 0 spiro atoms. The Labute approximate surface area is 196 Å². The van der Waals surface area contributed by atoms with E-state index in [1.807, 2.05) is 40.4 Å². The number of hydrogen-bond acceptors (Lipinski definition) is 4. The Bertz CT molecular complexity index is 1350. The van der Waals surface area contributed by atoms with Crippen LogP contribution in [-0.2, 0) is 22.4 Å². The number of nitrogens with one attached hydrogen (secondary N) is 3. The van der Waals surface area contributed by atoms with Crippen molar-refractivity contribution in [3.63, 3.8) is 0 Å². The lowest BCUT2D eigenvalue weighted by molar-refractivity contribution is -0.130. The molecule has 0 atom stereocenters. The number of H-pyrrole nitrogens is 2. The number of carbonyl (C=O) groups excluding carboxylic acids is 2. The van der Waals surface area contributed by atoms with Gasteiger partial charge >= 0.3 is 0 Å². The van der Waals surface area contributed by atoms with Gasteiger partial charge in [0.1, 0.15) is 11.5 Å². The van der Waals surface area contributed by atoms with Crippen molar-refractivity contribution in [3.05, 3.63) is 59.8 Å². The molecule has 1 aromatic carbocycles. The van der Waals surface area contributed by atoms with E-state index < -0.39 is 0 Å². The predicted molar refractivity (Wildman–Crippen MR) is 129 cm³/mol. The maximum Gasteiger partial charge on any atom is 0.227 e. The summed E-state index contributed by atoms with van der Waals surface area (Å²) < 4.78 is 15.1. The standard InChI is InChI=1S/C25H27FN6O2/c1-16(33)27-6-4-17-14-29-22-13-23(21(26)12-20(17)22)31-7-9-32(10-8-31)24(34)11-18-15-30-25-19(18)3-2-5-28-25/h2-3,5,12-15,29H,4,6-11H2,1H3,(H,27,33)(H,28,30). The molecule has 0 bridgehead atoms. The fourth-order valence-electron chi connectivity index (χ4n) is 4.64. The van der Waals surface area contributed by atoms with Gasteiger partial charge in [0.05, 0.1) is 12.1 Å². The lowest BCUT2D eigenvalue weighted by Gasteiger charge is -2.36. The van der Waals surface area contributed by atoms with Gasteiger partial charge in [0.25, 0.3) is 0 Å². The lowest BCUT2D eigenvalue weighted by Crippen LogP contribution is -2.49. The maximum absolute atomic E-state index is 15.1. The highest BCUT2D eigenvalue weighted by atomic mass is 19.1. The van der Waals surface area contributed by atoms with Crippen molar-refractivity contribution in [2.75, 3.05) is 37.6 Å². The Morgan fingerprint density at radius 3 is 2.68 bits per heavy atom. The molecular formula is C25H27FN6O2. The van der Waals surface area contributed by atoms with Gasteiger partial charge in [0.15, 0.2) is 0 Å². The van der Waals surface area contributed by atoms with Crippen LogP contribution in [0.2, 0.25) is 0 Å². The summed E-state index contributed by atoms with van der Waals surface area (Å²) in [7, 11) is 0. The summed E-state index contributed by atoms with van der Waals surface area (Å²) in [5.74, 6) is -0.295. The van der Waals surface area contributed by atoms with Gasteiger partial charge in [-0.1, -0.05) is 0 Å². The minimum Gasteiger partial charge on any atom is -0.366 e. The number of fused-ring (bicyclic) bond motifs is 2. The summed E-state index contributed by atoms with van der Waals surface area (Å²) in [6, 6.07) is 7.23. The number of carbonyl (C=O) groups is 2. The topological polar surface area (TPSA) is 97.1 Å². The highest BCUT2D eigenvalue weighted by Gasteiger charge is 2.24. The van der Waals surface area contributed by atoms with Gasteiger partial charge in [0.2, 0.25) is 11.8 Å². The van der Waals surface area contributed by atoms with E-state index in [0.717, 1.165) is 33.1 Å². The lowest BCUT2D eigenvalue weighted by atomic mass is 10.1. The van der Waals surface area contributed by atoms with E-state index in [9.17, 15) is 9.59 Å². The quantitative estimate of drug-likeness (QED) is 0.411. The van der Waals surface area contributed by atoms with Gasteiger partial charge in [0, 0.05) is 74.5 Å². The van der Waals surface area contributed by atoms with Crippen LogP contribution in [0.5, 0.6) is 0 Å². The molecule has 0 unspecified atom stereocenters. The number of rotatable bonds is 6. The van der Waals surface area contributed by atoms with Crippen LogP contribution in [0.4, 0.5) is 10.1 Å². The molecule has 0 aliphatic carbocycles. The third-order valence-corrected chi connectivity index (χ3v) is 6.45. The molecule has 1 aliphatic rings. The summed E-state index contributed by atoms with van der Waals surface area (Å²) in [5.41, 5.74) is 4.09. The molecule has 3 N–H and O–H groups in total. The highest BCUT2D eigenvalue weighted by molar-refractivity contribution is 5.88. The second-order valence-electron chi connectivity index (χ2n) is 8.65. The summed E-state index contributed by atoms with van der Waals surface area (Å²) in [6.07, 6.45) is 6.38. The number of halogens is 1. The Balaban J connectivity index is 1.23. The second-order valence-corrected chi connectivity index (χ2v) is 8.65. The number of nitrogens with zero attached hydrogens (tertiary/aromatic N) is 3. The van der Waals surface area contributed by atoms with Crippen LogP contribution >= 0.6 is 0 Å². The zero-order chi connectivity index (χ0) is 23.7. The van der Waals surface area contributed by atoms with Crippen molar-refractivity contribution >= 4 is 39.4 Å². The van der Waals surface area contributed by atoms with Crippen LogP contribution in [0.25, 0.3) is 21.9 Å². The molecule has 0 radical (unpaired) electrons. The van der Waals surface area contributed by atoms with Gasteiger partial charge in [-0.25, -0.2) is 9.37 Å². The minimum absolute atomic E-state index is 0.0634. The minimum atomic E-state index is -0.279. The van der Waals surface area contributed by atoms with Crippen LogP contribution in [0.1, 0.15) is 18.1 Å². The number of aromatic amines is 2. The number of piperazine rings is 1. The van der Waals surface area contributed by atoms with Crippen LogP contribution in [0, 0.1) is 5.82 Å².